The van der Waals surface area contributed by atoms with E-state index in [2.05, 4.69) is 10.6 Å². The average Bonchev–Trinajstić information content (AvgIpc) is 2.94. The van der Waals surface area contributed by atoms with E-state index < -0.39 is 0 Å². The van der Waals surface area contributed by atoms with E-state index >= 15 is 0 Å². The monoisotopic (exact) mass is 438 g/mol. The van der Waals surface area contributed by atoms with Gasteiger partial charge in [-0.15, -0.1) is 0 Å². The van der Waals surface area contributed by atoms with Crippen LogP contribution >= 0.6 is 47.2 Å². The van der Waals surface area contributed by atoms with Crippen LogP contribution in [0.4, 0.5) is 5.69 Å². The highest BCUT2D eigenvalue weighted by atomic mass is 35.5. The van der Waals surface area contributed by atoms with Gasteiger partial charge in [-0.3, -0.25) is 9.59 Å². The number of thiocarbonyl (C=S) groups is 1. The van der Waals surface area contributed by atoms with E-state index in [0.717, 1.165) is 0 Å². The zero-order valence-electron chi connectivity index (χ0n) is 13.6. The second-order valence-electron chi connectivity index (χ2n) is 5.36. The van der Waals surface area contributed by atoms with Gasteiger partial charge in [-0.05, 0) is 30.3 Å². The van der Waals surface area contributed by atoms with E-state index in [1.165, 1.54) is 11.8 Å². The van der Waals surface area contributed by atoms with Crippen molar-refractivity contribution in [3.05, 3.63) is 63.0 Å². The van der Waals surface area contributed by atoms with Crippen molar-refractivity contribution in [3.63, 3.8) is 0 Å². The summed E-state index contributed by atoms with van der Waals surface area (Å²) in [6.45, 7) is -0.210. The first-order valence-corrected chi connectivity index (χ1v) is 9.62. The standard InChI is InChI=1S/C18H12Cl2N2O3S2/c19-12-6-5-11(8-13(12)20)21-16(23)9-25-14-4-2-1-3-10(14)7-15-17(24)22-18(26)27-15/h1-8H,9H2,(H,21,23)(H,22,24,26)/b15-7-. The SMILES string of the molecule is O=C(COc1ccccc1/C=C1\SC(=S)NC1=O)Nc1ccc(Cl)c(Cl)c1. The Morgan fingerprint density at radius 1 is 1.22 bits per heavy atom. The van der Waals surface area contributed by atoms with E-state index in [-0.39, 0.29) is 18.4 Å². The Bertz CT molecular complexity index is 963. The van der Waals surface area contributed by atoms with Gasteiger partial charge in [-0.1, -0.05) is 65.4 Å². The predicted molar refractivity (Wildman–Crippen MR) is 113 cm³/mol. The summed E-state index contributed by atoms with van der Waals surface area (Å²) in [5.41, 5.74) is 1.18. The zero-order valence-corrected chi connectivity index (χ0v) is 16.8. The summed E-state index contributed by atoms with van der Waals surface area (Å²) in [6, 6.07) is 11.9. The van der Waals surface area contributed by atoms with Crippen LogP contribution in [-0.2, 0) is 9.59 Å². The number of anilines is 1. The van der Waals surface area contributed by atoms with E-state index in [1.807, 2.05) is 6.07 Å². The Morgan fingerprint density at radius 3 is 2.70 bits per heavy atom. The normalized spacial score (nSPS) is 15.0. The first kappa shape index (κ1) is 19.7. The van der Waals surface area contributed by atoms with Crippen LogP contribution in [0.3, 0.4) is 0 Å². The van der Waals surface area contributed by atoms with Gasteiger partial charge in [0.1, 0.15) is 10.1 Å². The molecule has 1 heterocycles. The number of thioether (sulfide) groups is 1. The number of amides is 2. The molecule has 3 rings (SSSR count). The lowest BCUT2D eigenvalue weighted by Crippen LogP contribution is -2.20. The number of halogens is 2. The first-order chi connectivity index (χ1) is 12.9. The van der Waals surface area contributed by atoms with Crippen molar-refractivity contribution in [1.29, 1.82) is 0 Å². The van der Waals surface area contributed by atoms with Crippen LogP contribution in [0.1, 0.15) is 5.56 Å². The highest BCUT2D eigenvalue weighted by Crippen LogP contribution is 2.29. The van der Waals surface area contributed by atoms with Gasteiger partial charge in [0.05, 0.1) is 15.0 Å². The topological polar surface area (TPSA) is 67.4 Å². The molecule has 5 nitrogen and oxygen atoms in total. The Kier molecular flexibility index (Phi) is 6.38. The van der Waals surface area contributed by atoms with Crippen molar-refractivity contribution in [3.8, 4) is 5.75 Å². The molecule has 0 bridgehead atoms. The van der Waals surface area contributed by atoms with Crippen molar-refractivity contribution in [2.45, 2.75) is 0 Å². The van der Waals surface area contributed by atoms with Gasteiger partial charge in [0.2, 0.25) is 0 Å². The summed E-state index contributed by atoms with van der Waals surface area (Å²) in [7, 11) is 0. The predicted octanol–water partition coefficient (Wildman–Crippen LogP) is 4.50. The molecule has 1 aliphatic rings. The summed E-state index contributed by atoms with van der Waals surface area (Å²) in [5.74, 6) is -0.136. The van der Waals surface area contributed by atoms with Crippen LogP contribution in [0.2, 0.25) is 10.0 Å². The quantitative estimate of drug-likeness (QED) is 0.531. The number of carbonyl (C=O) groups is 2. The number of nitrogens with one attached hydrogen (secondary N) is 2. The number of hydrogen-bond donors (Lipinski definition) is 2. The van der Waals surface area contributed by atoms with Gasteiger partial charge in [0.15, 0.2) is 6.61 Å². The maximum Gasteiger partial charge on any atom is 0.263 e. The van der Waals surface area contributed by atoms with Crippen LogP contribution in [0.25, 0.3) is 6.08 Å². The third-order valence-electron chi connectivity index (χ3n) is 3.41. The van der Waals surface area contributed by atoms with Crippen molar-refractivity contribution in [1.82, 2.24) is 5.32 Å². The third-order valence-corrected chi connectivity index (χ3v) is 5.31. The van der Waals surface area contributed by atoms with Gasteiger partial charge in [-0.2, -0.15) is 0 Å². The number of benzene rings is 2. The molecule has 2 amide bonds. The fourth-order valence-electron chi connectivity index (χ4n) is 2.21. The molecule has 138 valence electrons. The highest BCUT2D eigenvalue weighted by molar-refractivity contribution is 8.26. The minimum absolute atomic E-state index is 0.210. The van der Waals surface area contributed by atoms with Crippen LogP contribution in [0, 0.1) is 0 Å². The molecule has 0 unspecified atom stereocenters. The molecule has 1 fully saturated rings. The fraction of sp³-hybridized carbons (Fsp3) is 0.0556. The Morgan fingerprint density at radius 2 is 2.00 bits per heavy atom. The average molecular weight is 439 g/mol. The molecular weight excluding hydrogens is 427 g/mol. The van der Waals surface area contributed by atoms with Crippen molar-refractivity contribution in [2.75, 3.05) is 11.9 Å². The fourth-order valence-corrected chi connectivity index (χ4v) is 3.54. The molecule has 1 aliphatic heterocycles. The largest absolute Gasteiger partial charge is 0.483 e. The van der Waals surface area contributed by atoms with E-state index in [1.54, 1.807) is 42.5 Å². The summed E-state index contributed by atoms with van der Waals surface area (Å²) in [4.78, 5) is 24.4. The number of hydrogen-bond acceptors (Lipinski definition) is 5. The lowest BCUT2D eigenvalue weighted by atomic mass is 10.2. The lowest BCUT2D eigenvalue weighted by Gasteiger charge is -2.10. The van der Waals surface area contributed by atoms with E-state index in [9.17, 15) is 9.59 Å². The second kappa shape index (κ2) is 8.75. The summed E-state index contributed by atoms with van der Waals surface area (Å²) < 4.78 is 6.02. The number of carbonyl (C=O) groups excluding carboxylic acids is 2. The molecule has 9 heteroatoms. The van der Waals surface area contributed by atoms with Gasteiger partial charge < -0.3 is 15.4 Å². The molecule has 2 N–H and O–H groups in total. The summed E-state index contributed by atoms with van der Waals surface area (Å²) in [5, 5.41) is 5.98. The second-order valence-corrected chi connectivity index (χ2v) is 7.89. The number of para-hydroxylation sites is 1. The maximum atomic E-state index is 12.1. The molecule has 0 saturated carbocycles. The molecule has 2 aromatic rings. The van der Waals surface area contributed by atoms with Gasteiger partial charge in [-0.25, -0.2) is 0 Å². The van der Waals surface area contributed by atoms with Crippen LogP contribution in [0.15, 0.2) is 47.4 Å². The first-order valence-electron chi connectivity index (χ1n) is 7.64. The molecule has 0 aliphatic carbocycles. The zero-order chi connectivity index (χ0) is 19.4. The molecule has 0 spiro atoms. The molecule has 0 atom stereocenters. The molecule has 1 saturated heterocycles. The van der Waals surface area contributed by atoms with Crippen LogP contribution in [-0.4, -0.2) is 22.7 Å². The van der Waals surface area contributed by atoms with Crippen LogP contribution < -0.4 is 15.4 Å². The van der Waals surface area contributed by atoms with Crippen molar-refractivity contribution < 1.29 is 14.3 Å². The Balaban J connectivity index is 1.67. The molecular formula is C18H12Cl2N2O3S2. The van der Waals surface area contributed by atoms with E-state index in [0.29, 0.717) is 36.3 Å². The lowest BCUT2D eigenvalue weighted by molar-refractivity contribution is -0.118. The third kappa shape index (κ3) is 5.23. The Labute approximate surface area is 175 Å². The smallest absolute Gasteiger partial charge is 0.263 e. The molecule has 0 aromatic heterocycles. The number of ether oxygens (including phenoxy) is 1. The highest BCUT2D eigenvalue weighted by Gasteiger charge is 2.22. The van der Waals surface area contributed by atoms with Crippen LogP contribution in [0.5, 0.6) is 5.75 Å². The van der Waals surface area contributed by atoms with Crippen molar-refractivity contribution >= 4 is 75.1 Å². The van der Waals surface area contributed by atoms with Crippen molar-refractivity contribution in [2.24, 2.45) is 0 Å². The minimum atomic E-state index is -0.356. The van der Waals surface area contributed by atoms with E-state index in [4.69, 9.17) is 40.2 Å². The molecule has 0 radical (unpaired) electrons. The van der Waals surface area contributed by atoms with Gasteiger partial charge >= 0.3 is 0 Å². The van der Waals surface area contributed by atoms with Gasteiger partial charge in [0.25, 0.3) is 11.8 Å². The summed E-state index contributed by atoms with van der Waals surface area (Å²) >= 11 is 17.9. The summed E-state index contributed by atoms with van der Waals surface area (Å²) in [6.07, 6.45) is 1.67. The number of rotatable bonds is 5. The Hall–Kier alpha value is -2.06. The maximum absolute atomic E-state index is 12.1. The molecule has 27 heavy (non-hydrogen) atoms. The van der Waals surface area contributed by atoms with Gasteiger partial charge in [0, 0.05) is 11.3 Å². The molecule has 2 aromatic carbocycles. The minimum Gasteiger partial charge on any atom is -0.483 e.